The van der Waals surface area contributed by atoms with Crippen LogP contribution in [-0.4, -0.2) is 56.2 Å². The fourth-order valence-corrected chi connectivity index (χ4v) is 3.55. The van der Waals surface area contributed by atoms with E-state index < -0.39 is 0 Å². The smallest absolute Gasteiger partial charge is 0.246 e. The second kappa shape index (κ2) is 9.53. The molecular weight excluding hydrogens is 396 g/mol. The van der Waals surface area contributed by atoms with Gasteiger partial charge in [0, 0.05) is 48.7 Å². The molecule has 1 fully saturated rings. The van der Waals surface area contributed by atoms with Gasteiger partial charge < -0.3 is 24.4 Å². The Bertz CT molecular complexity index is 1010. The van der Waals surface area contributed by atoms with Gasteiger partial charge in [0.15, 0.2) is 5.82 Å². The zero-order valence-electron chi connectivity index (χ0n) is 17.7. The quantitative estimate of drug-likeness (QED) is 0.631. The molecule has 0 radical (unpaired) electrons. The Kier molecular flexibility index (Phi) is 6.37. The van der Waals surface area contributed by atoms with Crippen LogP contribution in [-0.2, 0) is 16.1 Å². The van der Waals surface area contributed by atoms with E-state index in [1.54, 1.807) is 37.1 Å². The number of aromatic nitrogens is 2. The average Bonchev–Trinajstić information content (AvgIpc) is 3.23. The molecule has 1 aliphatic rings. The molecule has 1 N–H and O–H groups in total. The standard InChI is InChI=1S/C23H26N4O4/c1-29-19-12-18(13-20(14-19)30-2)24-22(28)16-27-15-21(17-6-4-3-5-7-17)23(25-27)26-8-10-31-11-9-26/h3-7,12-15H,8-11,16H2,1-2H3,(H,24,28). The highest BCUT2D eigenvalue weighted by molar-refractivity contribution is 5.91. The fraction of sp³-hybridized carbons (Fsp3) is 0.304. The lowest BCUT2D eigenvalue weighted by molar-refractivity contribution is -0.116. The molecule has 0 bridgehead atoms. The Morgan fingerprint density at radius 2 is 1.74 bits per heavy atom. The van der Waals surface area contributed by atoms with Crippen LogP contribution in [0.2, 0.25) is 0 Å². The van der Waals surface area contributed by atoms with Crippen molar-refractivity contribution in [2.75, 3.05) is 50.7 Å². The molecule has 0 spiro atoms. The van der Waals surface area contributed by atoms with Crippen molar-refractivity contribution in [3.05, 3.63) is 54.7 Å². The first-order valence-corrected chi connectivity index (χ1v) is 10.1. The van der Waals surface area contributed by atoms with Gasteiger partial charge in [-0.25, -0.2) is 0 Å². The van der Waals surface area contributed by atoms with E-state index in [9.17, 15) is 4.79 Å². The molecule has 0 unspecified atom stereocenters. The molecule has 1 aliphatic heterocycles. The van der Waals surface area contributed by atoms with Crippen molar-refractivity contribution in [1.82, 2.24) is 9.78 Å². The van der Waals surface area contributed by atoms with Crippen molar-refractivity contribution in [3.63, 3.8) is 0 Å². The number of hydrogen-bond acceptors (Lipinski definition) is 6. The zero-order chi connectivity index (χ0) is 21.6. The number of benzene rings is 2. The van der Waals surface area contributed by atoms with E-state index in [1.165, 1.54) is 0 Å². The first-order valence-electron chi connectivity index (χ1n) is 10.1. The van der Waals surface area contributed by atoms with Crippen LogP contribution in [0.5, 0.6) is 11.5 Å². The highest BCUT2D eigenvalue weighted by atomic mass is 16.5. The zero-order valence-corrected chi connectivity index (χ0v) is 17.7. The number of carbonyl (C=O) groups excluding carboxylic acids is 1. The van der Waals surface area contributed by atoms with E-state index in [4.69, 9.17) is 19.3 Å². The Morgan fingerprint density at radius 3 is 2.39 bits per heavy atom. The molecule has 1 aromatic heterocycles. The highest BCUT2D eigenvalue weighted by Gasteiger charge is 2.20. The Morgan fingerprint density at radius 1 is 1.06 bits per heavy atom. The third-order valence-corrected chi connectivity index (χ3v) is 5.08. The second-order valence-corrected chi connectivity index (χ2v) is 7.18. The summed E-state index contributed by atoms with van der Waals surface area (Å²) in [5.74, 6) is 1.89. The van der Waals surface area contributed by atoms with E-state index in [0.717, 1.165) is 30.0 Å². The van der Waals surface area contributed by atoms with Gasteiger partial charge in [-0.05, 0) is 5.56 Å². The number of anilines is 2. The maximum Gasteiger partial charge on any atom is 0.246 e. The number of morpholine rings is 1. The average molecular weight is 422 g/mol. The molecule has 31 heavy (non-hydrogen) atoms. The summed E-state index contributed by atoms with van der Waals surface area (Å²) >= 11 is 0. The molecular formula is C23H26N4O4. The summed E-state index contributed by atoms with van der Waals surface area (Å²) in [5, 5.41) is 7.63. The van der Waals surface area contributed by atoms with Crippen molar-refractivity contribution < 1.29 is 19.0 Å². The van der Waals surface area contributed by atoms with Crippen LogP contribution in [0.4, 0.5) is 11.5 Å². The molecule has 8 heteroatoms. The number of carbonyl (C=O) groups is 1. The van der Waals surface area contributed by atoms with Gasteiger partial charge in [0.1, 0.15) is 18.0 Å². The van der Waals surface area contributed by atoms with Crippen molar-refractivity contribution >= 4 is 17.4 Å². The van der Waals surface area contributed by atoms with Crippen molar-refractivity contribution in [2.45, 2.75) is 6.54 Å². The summed E-state index contributed by atoms with van der Waals surface area (Å²) in [6.07, 6.45) is 1.92. The maximum absolute atomic E-state index is 12.7. The van der Waals surface area contributed by atoms with Crippen molar-refractivity contribution in [1.29, 1.82) is 0 Å². The fourth-order valence-electron chi connectivity index (χ4n) is 3.55. The first kappa shape index (κ1) is 20.7. The lowest BCUT2D eigenvalue weighted by Gasteiger charge is -2.27. The van der Waals surface area contributed by atoms with Gasteiger partial charge >= 0.3 is 0 Å². The molecule has 8 nitrogen and oxygen atoms in total. The number of methoxy groups -OCH3 is 2. The number of rotatable bonds is 7. The predicted molar refractivity (Wildman–Crippen MR) is 119 cm³/mol. The van der Waals surface area contributed by atoms with Crippen LogP contribution in [0.25, 0.3) is 11.1 Å². The molecule has 162 valence electrons. The third kappa shape index (κ3) is 4.97. The van der Waals surface area contributed by atoms with Crippen LogP contribution in [0.15, 0.2) is 54.7 Å². The van der Waals surface area contributed by atoms with Gasteiger partial charge in [-0.3, -0.25) is 9.48 Å². The SMILES string of the molecule is COc1cc(NC(=O)Cn2cc(-c3ccccc3)c(N3CCOCC3)n2)cc(OC)c1. The number of nitrogens with one attached hydrogen (secondary N) is 1. The molecule has 1 saturated heterocycles. The van der Waals surface area contributed by atoms with Gasteiger partial charge in [-0.1, -0.05) is 30.3 Å². The lowest BCUT2D eigenvalue weighted by Crippen LogP contribution is -2.36. The molecule has 0 atom stereocenters. The van der Waals surface area contributed by atoms with E-state index in [2.05, 4.69) is 10.2 Å². The number of ether oxygens (including phenoxy) is 3. The summed E-state index contributed by atoms with van der Waals surface area (Å²) in [7, 11) is 3.14. The minimum absolute atomic E-state index is 0.0870. The molecule has 0 aliphatic carbocycles. The Balaban J connectivity index is 1.55. The van der Waals surface area contributed by atoms with Gasteiger partial charge in [-0.15, -0.1) is 0 Å². The van der Waals surface area contributed by atoms with Crippen LogP contribution >= 0.6 is 0 Å². The summed E-state index contributed by atoms with van der Waals surface area (Å²) in [5.41, 5.74) is 2.66. The number of hydrogen-bond donors (Lipinski definition) is 1. The Hall–Kier alpha value is -3.52. The maximum atomic E-state index is 12.7. The van der Waals surface area contributed by atoms with Crippen LogP contribution in [0.1, 0.15) is 0 Å². The summed E-state index contributed by atoms with van der Waals surface area (Å²) in [6, 6.07) is 15.3. The van der Waals surface area contributed by atoms with Gasteiger partial charge in [0.05, 0.1) is 27.4 Å². The third-order valence-electron chi connectivity index (χ3n) is 5.08. The molecule has 2 aromatic carbocycles. The topological polar surface area (TPSA) is 77.9 Å². The largest absolute Gasteiger partial charge is 0.497 e. The van der Waals surface area contributed by atoms with E-state index in [1.807, 2.05) is 36.5 Å². The van der Waals surface area contributed by atoms with Crippen LogP contribution in [0.3, 0.4) is 0 Å². The van der Waals surface area contributed by atoms with Crippen LogP contribution < -0.4 is 19.7 Å². The lowest BCUT2D eigenvalue weighted by atomic mass is 10.1. The van der Waals surface area contributed by atoms with Gasteiger partial charge in [0.2, 0.25) is 5.91 Å². The summed E-state index contributed by atoms with van der Waals surface area (Å²) in [4.78, 5) is 14.9. The summed E-state index contributed by atoms with van der Waals surface area (Å²) in [6.45, 7) is 2.96. The molecule has 3 aromatic rings. The molecule has 0 saturated carbocycles. The minimum atomic E-state index is -0.189. The minimum Gasteiger partial charge on any atom is -0.497 e. The Labute approximate surface area is 181 Å². The van der Waals surface area contributed by atoms with E-state index in [-0.39, 0.29) is 12.5 Å². The molecule has 4 rings (SSSR count). The van der Waals surface area contributed by atoms with E-state index in [0.29, 0.717) is 30.4 Å². The monoisotopic (exact) mass is 422 g/mol. The first-order chi connectivity index (χ1) is 15.2. The van der Waals surface area contributed by atoms with E-state index >= 15 is 0 Å². The number of nitrogens with zero attached hydrogens (tertiary/aromatic N) is 3. The van der Waals surface area contributed by atoms with Crippen molar-refractivity contribution in [3.8, 4) is 22.6 Å². The normalized spacial score (nSPS) is 13.7. The molecule has 2 heterocycles. The van der Waals surface area contributed by atoms with Gasteiger partial charge in [-0.2, -0.15) is 5.10 Å². The van der Waals surface area contributed by atoms with Crippen LogP contribution in [0, 0.1) is 0 Å². The summed E-state index contributed by atoms with van der Waals surface area (Å²) < 4.78 is 17.7. The number of amides is 1. The van der Waals surface area contributed by atoms with Crippen molar-refractivity contribution in [2.24, 2.45) is 0 Å². The molecule has 1 amide bonds. The highest BCUT2D eigenvalue weighted by Crippen LogP contribution is 2.30. The second-order valence-electron chi connectivity index (χ2n) is 7.18. The predicted octanol–water partition coefficient (Wildman–Crippen LogP) is 3.04. The van der Waals surface area contributed by atoms with Gasteiger partial charge in [0.25, 0.3) is 0 Å².